The second-order valence-corrected chi connectivity index (χ2v) is 6.96. The number of benzene rings is 2. The van der Waals surface area contributed by atoms with Crippen molar-refractivity contribution in [2.45, 2.75) is 19.9 Å². The Hall–Kier alpha value is -2.66. The van der Waals surface area contributed by atoms with E-state index in [1.54, 1.807) is 5.37 Å². The monoisotopic (exact) mass is 349 g/mol. The largest absolute Gasteiger partial charge is 0.363 e. The predicted molar refractivity (Wildman–Crippen MR) is 106 cm³/mol. The van der Waals surface area contributed by atoms with Crippen LogP contribution in [0.15, 0.2) is 42.5 Å². The molecule has 3 aromatic rings. The van der Waals surface area contributed by atoms with E-state index in [2.05, 4.69) is 60.1 Å². The number of H-pyrrole nitrogens is 1. The van der Waals surface area contributed by atoms with Crippen LogP contribution in [0.2, 0.25) is 0 Å². The van der Waals surface area contributed by atoms with Crippen molar-refractivity contribution in [2.24, 2.45) is 0 Å². The number of aryl methyl sites for hydroxylation is 1. The van der Waals surface area contributed by atoms with Crippen molar-refractivity contribution in [3.05, 3.63) is 53.6 Å². The lowest BCUT2D eigenvalue weighted by molar-refractivity contribution is 0.701. The van der Waals surface area contributed by atoms with Gasteiger partial charge in [0.05, 0.1) is 34.0 Å². The number of nitrogens with one attached hydrogen (secondary N) is 1. The summed E-state index contributed by atoms with van der Waals surface area (Å²) in [6.07, 6.45) is 2.12. The molecule has 0 fully saturated rings. The fourth-order valence-electron chi connectivity index (χ4n) is 3.48. The van der Waals surface area contributed by atoms with Crippen LogP contribution in [-0.4, -0.2) is 32.6 Å². The molecule has 0 saturated heterocycles. The Bertz CT molecular complexity index is 1060. The van der Waals surface area contributed by atoms with Gasteiger partial charge in [0.2, 0.25) is 0 Å². The highest BCUT2D eigenvalue weighted by molar-refractivity contribution is 7.65. The van der Waals surface area contributed by atoms with Gasteiger partial charge in [-0.05, 0) is 43.2 Å². The Morgan fingerprint density at radius 3 is 2.80 bits per heavy atom. The summed E-state index contributed by atoms with van der Waals surface area (Å²) in [5.74, 6) is 0.854. The number of allylic oxidation sites excluding steroid dienone is 1. The van der Waals surface area contributed by atoms with E-state index < -0.39 is 0 Å². The number of nitrogens with zero attached hydrogens (tertiary/aromatic N) is 2. The van der Waals surface area contributed by atoms with Crippen molar-refractivity contribution < 1.29 is 4.21 Å². The Kier molecular flexibility index (Phi) is 3.81. The van der Waals surface area contributed by atoms with Gasteiger partial charge >= 0.3 is 0 Å². The predicted octanol–water partition coefficient (Wildman–Crippen LogP) is 3.78. The van der Waals surface area contributed by atoms with E-state index in [4.69, 9.17) is 4.98 Å². The van der Waals surface area contributed by atoms with Crippen LogP contribution in [0.3, 0.4) is 0 Å². The molecule has 126 valence electrons. The molecule has 1 aliphatic heterocycles. The minimum absolute atomic E-state index is 0.0252. The van der Waals surface area contributed by atoms with Crippen molar-refractivity contribution in [2.75, 3.05) is 11.9 Å². The second-order valence-electron chi connectivity index (χ2n) is 6.49. The standard InChI is InChI=1S/C20H19N3OS/c1-12-7-8-17-18(9-12)22-20(21-17)16-6-4-5-15-13(2)10-14(11-25-24)23(3)19(15)16/h4-11,14H,1-3H3,(H,21,22). The van der Waals surface area contributed by atoms with E-state index in [1.165, 1.54) is 16.7 Å². The summed E-state index contributed by atoms with van der Waals surface area (Å²) in [4.78, 5) is 10.4. The number of para-hydroxylation sites is 1. The highest BCUT2D eigenvalue weighted by Crippen LogP contribution is 2.40. The SMILES string of the molecule is CC1=CC(C=S=O)N(C)c2c1cccc2-c1nc2ccc(C)cc2[nH]1. The summed E-state index contributed by atoms with van der Waals surface area (Å²) in [6.45, 7) is 4.17. The Morgan fingerprint density at radius 1 is 1.20 bits per heavy atom. The van der Waals surface area contributed by atoms with Gasteiger partial charge < -0.3 is 9.88 Å². The first-order valence-corrected chi connectivity index (χ1v) is 9.02. The van der Waals surface area contributed by atoms with Gasteiger partial charge in [-0.3, -0.25) is 0 Å². The van der Waals surface area contributed by atoms with Gasteiger partial charge in [-0.1, -0.05) is 24.3 Å². The lowest BCUT2D eigenvalue weighted by Gasteiger charge is -2.33. The van der Waals surface area contributed by atoms with E-state index in [-0.39, 0.29) is 6.04 Å². The van der Waals surface area contributed by atoms with Crippen LogP contribution in [0.4, 0.5) is 5.69 Å². The molecule has 1 N–H and O–H groups in total. The molecule has 1 aromatic heterocycles. The zero-order chi connectivity index (χ0) is 17.6. The molecule has 4 nitrogen and oxygen atoms in total. The lowest BCUT2D eigenvalue weighted by Crippen LogP contribution is -2.34. The summed E-state index contributed by atoms with van der Waals surface area (Å²) in [5, 5.41) is 1.71. The number of rotatable bonds is 2. The van der Waals surface area contributed by atoms with E-state index in [1.807, 2.05) is 13.1 Å². The summed E-state index contributed by atoms with van der Waals surface area (Å²) < 4.78 is 11.1. The zero-order valence-corrected chi connectivity index (χ0v) is 15.2. The van der Waals surface area contributed by atoms with Crippen molar-refractivity contribution >= 4 is 38.9 Å². The highest BCUT2D eigenvalue weighted by atomic mass is 32.1. The molecule has 2 aromatic carbocycles. The van der Waals surface area contributed by atoms with Crippen LogP contribution >= 0.6 is 0 Å². The summed E-state index contributed by atoms with van der Waals surface area (Å²) in [5.41, 5.74) is 7.72. The number of aromatic amines is 1. The third kappa shape index (κ3) is 2.61. The molecule has 1 atom stereocenters. The third-order valence-corrected chi connectivity index (χ3v) is 5.16. The lowest BCUT2D eigenvalue weighted by atomic mass is 9.94. The molecule has 2 heterocycles. The fraction of sp³-hybridized carbons (Fsp3) is 0.200. The van der Waals surface area contributed by atoms with Crippen LogP contribution < -0.4 is 4.90 Å². The van der Waals surface area contributed by atoms with Crippen LogP contribution in [0, 0.1) is 6.92 Å². The average Bonchev–Trinajstić information content (AvgIpc) is 3.02. The molecule has 1 aliphatic rings. The van der Waals surface area contributed by atoms with Gasteiger partial charge in [-0.2, -0.15) is 0 Å². The summed E-state index contributed by atoms with van der Waals surface area (Å²) in [6, 6.07) is 12.5. The van der Waals surface area contributed by atoms with Gasteiger partial charge in [0, 0.05) is 23.5 Å². The Morgan fingerprint density at radius 2 is 2.00 bits per heavy atom. The van der Waals surface area contributed by atoms with E-state index in [0.717, 1.165) is 28.1 Å². The van der Waals surface area contributed by atoms with E-state index in [9.17, 15) is 4.21 Å². The summed E-state index contributed by atoms with van der Waals surface area (Å²) >= 11 is 0.511. The molecule has 0 aliphatic carbocycles. The number of likely N-dealkylation sites (N-methyl/N-ethyl adjacent to an activating group) is 1. The third-order valence-electron chi connectivity index (χ3n) is 4.77. The van der Waals surface area contributed by atoms with Crippen molar-refractivity contribution in [3.8, 4) is 11.4 Å². The number of aromatic nitrogens is 2. The second kappa shape index (κ2) is 6.01. The molecule has 1 unspecified atom stereocenters. The molecule has 0 bridgehead atoms. The first kappa shape index (κ1) is 15.8. The van der Waals surface area contributed by atoms with Crippen LogP contribution in [0.5, 0.6) is 0 Å². The molecular formula is C20H19N3OS. The number of imidazole rings is 1. The average molecular weight is 349 g/mol. The number of hydrogen-bond acceptors (Lipinski definition) is 3. The first-order chi connectivity index (χ1) is 12.1. The van der Waals surface area contributed by atoms with Crippen molar-refractivity contribution in [1.82, 2.24) is 9.97 Å². The molecule has 0 radical (unpaired) electrons. The smallest absolute Gasteiger partial charge is 0.140 e. The van der Waals surface area contributed by atoms with Crippen molar-refractivity contribution in [3.63, 3.8) is 0 Å². The molecule has 25 heavy (non-hydrogen) atoms. The van der Waals surface area contributed by atoms with Crippen LogP contribution in [0.1, 0.15) is 18.1 Å². The van der Waals surface area contributed by atoms with Gasteiger partial charge in [0.1, 0.15) is 5.82 Å². The quantitative estimate of drug-likeness (QED) is 0.717. The van der Waals surface area contributed by atoms with Gasteiger partial charge in [-0.15, -0.1) is 0 Å². The Labute approximate surface area is 150 Å². The maximum Gasteiger partial charge on any atom is 0.140 e. The van der Waals surface area contributed by atoms with Gasteiger partial charge in [-0.25, -0.2) is 9.19 Å². The minimum Gasteiger partial charge on any atom is -0.363 e. The zero-order valence-electron chi connectivity index (χ0n) is 14.4. The van der Waals surface area contributed by atoms with Crippen LogP contribution in [0.25, 0.3) is 28.0 Å². The molecule has 5 heteroatoms. The Balaban J connectivity index is 1.93. The molecular weight excluding hydrogens is 330 g/mol. The molecule has 0 spiro atoms. The highest BCUT2D eigenvalue weighted by Gasteiger charge is 2.25. The fourth-order valence-corrected chi connectivity index (χ4v) is 3.85. The maximum atomic E-state index is 11.1. The number of hydrogen-bond donors (Lipinski definition) is 1. The molecule has 0 saturated carbocycles. The van der Waals surface area contributed by atoms with E-state index >= 15 is 0 Å². The van der Waals surface area contributed by atoms with Crippen molar-refractivity contribution in [1.29, 1.82) is 0 Å². The van der Waals surface area contributed by atoms with Crippen LogP contribution in [-0.2, 0) is 11.3 Å². The van der Waals surface area contributed by atoms with E-state index in [0.29, 0.717) is 11.3 Å². The molecule has 0 amide bonds. The van der Waals surface area contributed by atoms with Gasteiger partial charge in [0.15, 0.2) is 0 Å². The van der Waals surface area contributed by atoms with Gasteiger partial charge in [0.25, 0.3) is 0 Å². The number of anilines is 1. The summed E-state index contributed by atoms with van der Waals surface area (Å²) in [7, 11) is 2.02. The molecule has 4 rings (SSSR count). The topological polar surface area (TPSA) is 49.0 Å². The normalized spacial score (nSPS) is 16.5. The number of fused-ring (bicyclic) bond motifs is 2. The first-order valence-electron chi connectivity index (χ1n) is 8.22. The minimum atomic E-state index is -0.0252. The maximum absolute atomic E-state index is 11.1.